The van der Waals surface area contributed by atoms with Gasteiger partial charge in [0.2, 0.25) is 0 Å². The quantitative estimate of drug-likeness (QED) is 0.687. The predicted octanol–water partition coefficient (Wildman–Crippen LogP) is 4.33. The number of benzene rings is 1. The summed E-state index contributed by atoms with van der Waals surface area (Å²) in [5, 5.41) is 9.32. The molecule has 1 aliphatic rings. The summed E-state index contributed by atoms with van der Waals surface area (Å²) in [4.78, 5) is 22.4. The molecule has 0 bridgehead atoms. The van der Waals surface area contributed by atoms with Gasteiger partial charge in [-0.05, 0) is 55.0 Å². The Morgan fingerprint density at radius 1 is 1.19 bits per heavy atom. The number of ether oxygens (including phenoxy) is 1. The number of hydrogen-bond acceptors (Lipinski definition) is 5. The highest BCUT2D eigenvalue weighted by molar-refractivity contribution is 7.18. The molecule has 0 radical (unpaired) electrons. The van der Waals surface area contributed by atoms with Crippen molar-refractivity contribution in [1.82, 2.24) is 9.97 Å². The second kappa shape index (κ2) is 7.77. The molecule has 27 heavy (non-hydrogen) atoms. The minimum Gasteiger partial charge on any atom is -0.479 e. The van der Waals surface area contributed by atoms with E-state index in [9.17, 15) is 4.79 Å². The molecule has 0 atom stereocenters. The number of aromatic amines is 1. The fourth-order valence-electron chi connectivity index (χ4n) is 3.40. The number of hydrogen-bond donors (Lipinski definition) is 1. The molecule has 0 amide bonds. The van der Waals surface area contributed by atoms with Gasteiger partial charge in [0.1, 0.15) is 22.5 Å². The lowest BCUT2D eigenvalue weighted by molar-refractivity contribution is 0.368. The van der Waals surface area contributed by atoms with Crippen molar-refractivity contribution in [1.29, 1.82) is 5.26 Å². The zero-order chi connectivity index (χ0) is 18.6. The smallest absolute Gasteiger partial charge is 0.260 e. The SMILES string of the molecule is N#CCOc1ccc(/C=C/c2nc3sc4c(c3c(=O)[nH]2)CCCCC4)cc1. The molecule has 5 nitrogen and oxygen atoms in total. The van der Waals surface area contributed by atoms with Gasteiger partial charge < -0.3 is 9.72 Å². The zero-order valence-corrected chi connectivity index (χ0v) is 15.6. The van der Waals surface area contributed by atoms with Gasteiger partial charge in [-0.2, -0.15) is 5.26 Å². The molecule has 0 fully saturated rings. The molecule has 0 unspecified atom stereocenters. The molecule has 136 valence electrons. The summed E-state index contributed by atoms with van der Waals surface area (Å²) in [5.41, 5.74) is 2.13. The Labute approximate surface area is 161 Å². The average Bonchev–Trinajstić information content (AvgIpc) is 2.87. The van der Waals surface area contributed by atoms with Crippen molar-refractivity contribution in [2.24, 2.45) is 0 Å². The van der Waals surface area contributed by atoms with E-state index in [1.165, 1.54) is 23.3 Å². The number of fused-ring (bicyclic) bond motifs is 3. The van der Waals surface area contributed by atoms with Gasteiger partial charge in [-0.25, -0.2) is 4.98 Å². The van der Waals surface area contributed by atoms with E-state index in [0.29, 0.717) is 11.6 Å². The first-order chi connectivity index (χ1) is 13.2. The van der Waals surface area contributed by atoms with Crippen LogP contribution in [-0.2, 0) is 12.8 Å². The van der Waals surface area contributed by atoms with Crippen LogP contribution in [-0.4, -0.2) is 16.6 Å². The fourth-order valence-corrected chi connectivity index (χ4v) is 4.67. The highest BCUT2D eigenvalue weighted by Gasteiger charge is 2.18. The summed E-state index contributed by atoms with van der Waals surface area (Å²) >= 11 is 1.66. The van der Waals surface area contributed by atoms with Crippen LogP contribution >= 0.6 is 11.3 Å². The number of rotatable bonds is 4. The van der Waals surface area contributed by atoms with Crippen LogP contribution in [0, 0.1) is 11.3 Å². The molecule has 6 heteroatoms. The molecule has 1 aliphatic carbocycles. The Bertz CT molecular complexity index is 1090. The minimum atomic E-state index is -0.0423. The van der Waals surface area contributed by atoms with E-state index < -0.39 is 0 Å². The number of aromatic nitrogens is 2. The fraction of sp³-hybridized carbons (Fsp3) is 0.286. The Morgan fingerprint density at radius 3 is 2.81 bits per heavy atom. The summed E-state index contributed by atoms with van der Waals surface area (Å²) in [6.45, 7) is 0.0329. The zero-order valence-electron chi connectivity index (χ0n) is 14.8. The van der Waals surface area contributed by atoms with E-state index in [-0.39, 0.29) is 12.2 Å². The summed E-state index contributed by atoms with van der Waals surface area (Å²) in [5.74, 6) is 1.22. The topological polar surface area (TPSA) is 78.8 Å². The number of nitrogens with one attached hydrogen (secondary N) is 1. The largest absolute Gasteiger partial charge is 0.479 e. The number of thiophene rings is 1. The average molecular weight is 377 g/mol. The van der Waals surface area contributed by atoms with Gasteiger partial charge >= 0.3 is 0 Å². The third kappa shape index (κ3) is 3.79. The molecule has 3 aromatic rings. The highest BCUT2D eigenvalue weighted by atomic mass is 32.1. The Balaban J connectivity index is 1.60. The van der Waals surface area contributed by atoms with Crippen molar-refractivity contribution in [2.45, 2.75) is 32.1 Å². The van der Waals surface area contributed by atoms with Crippen LogP contribution in [0.25, 0.3) is 22.4 Å². The van der Waals surface area contributed by atoms with Crippen LogP contribution in [0.2, 0.25) is 0 Å². The maximum atomic E-state index is 12.6. The van der Waals surface area contributed by atoms with E-state index in [0.717, 1.165) is 35.0 Å². The van der Waals surface area contributed by atoms with Crippen LogP contribution < -0.4 is 10.3 Å². The molecule has 0 saturated heterocycles. The summed E-state index contributed by atoms with van der Waals surface area (Å²) in [6.07, 6.45) is 9.33. The summed E-state index contributed by atoms with van der Waals surface area (Å²) in [6, 6.07) is 9.36. The molecule has 0 saturated carbocycles. The lowest BCUT2D eigenvalue weighted by Crippen LogP contribution is -2.10. The lowest BCUT2D eigenvalue weighted by atomic mass is 10.1. The van der Waals surface area contributed by atoms with E-state index in [2.05, 4.69) is 9.97 Å². The Hall–Kier alpha value is -2.91. The third-order valence-electron chi connectivity index (χ3n) is 4.71. The third-order valence-corrected chi connectivity index (χ3v) is 5.90. The van der Waals surface area contributed by atoms with Gasteiger partial charge in [-0.1, -0.05) is 24.6 Å². The molecular formula is C21H19N3O2S. The molecule has 2 aromatic heterocycles. The Kier molecular flexibility index (Phi) is 5.03. The van der Waals surface area contributed by atoms with Crippen molar-refractivity contribution < 1.29 is 4.74 Å². The van der Waals surface area contributed by atoms with Crippen molar-refractivity contribution >= 4 is 33.7 Å². The normalized spacial score (nSPS) is 14.0. The van der Waals surface area contributed by atoms with Gasteiger partial charge in [0, 0.05) is 4.88 Å². The minimum absolute atomic E-state index is 0.0329. The van der Waals surface area contributed by atoms with Gasteiger partial charge in [-0.3, -0.25) is 4.79 Å². The molecule has 1 aromatic carbocycles. The molecular weight excluding hydrogens is 358 g/mol. The highest BCUT2D eigenvalue weighted by Crippen LogP contribution is 2.32. The van der Waals surface area contributed by atoms with Gasteiger partial charge in [0.15, 0.2) is 6.61 Å². The van der Waals surface area contributed by atoms with Crippen LogP contribution in [0.4, 0.5) is 0 Å². The number of nitriles is 1. The van der Waals surface area contributed by atoms with E-state index in [4.69, 9.17) is 10.00 Å². The Morgan fingerprint density at radius 2 is 2.00 bits per heavy atom. The van der Waals surface area contributed by atoms with Crippen molar-refractivity contribution in [3.63, 3.8) is 0 Å². The van der Waals surface area contributed by atoms with Crippen LogP contribution in [0.1, 0.15) is 41.1 Å². The van der Waals surface area contributed by atoms with Crippen LogP contribution in [0.5, 0.6) is 5.75 Å². The first-order valence-electron chi connectivity index (χ1n) is 9.07. The second-order valence-corrected chi connectivity index (χ2v) is 7.63. The summed E-state index contributed by atoms with van der Waals surface area (Å²) < 4.78 is 5.24. The molecule has 0 spiro atoms. The predicted molar refractivity (Wildman–Crippen MR) is 108 cm³/mol. The van der Waals surface area contributed by atoms with Crippen molar-refractivity contribution in [3.8, 4) is 11.8 Å². The van der Waals surface area contributed by atoms with E-state index in [1.54, 1.807) is 11.3 Å². The van der Waals surface area contributed by atoms with Gasteiger partial charge in [0.05, 0.1) is 5.39 Å². The van der Waals surface area contributed by atoms with E-state index >= 15 is 0 Å². The van der Waals surface area contributed by atoms with Gasteiger partial charge in [0.25, 0.3) is 5.56 Å². The molecule has 1 N–H and O–H groups in total. The summed E-state index contributed by atoms with van der Waals surface area (Å²) in [7, 11) is 0. The monoisotopic (exact) mass is 377 g/mol. The standard InChI is InChI=1S/C21H19N3O2S/c22-12-13-26-15-9-6-14(7-10-15)8-11-18-23-20(25)19-16-4-2-1-3-5-17(16)27-21(19)24-18/h6-11H,1-5,13H2,(H,23,24,25)/b11-8+. The maximum absolute atomic E-state index is 12.6. The molecule has 0 aliphatic heterocycles. The van der Waals surface area contributed by atoms with Crippen molar-refractivity contribution in [3.05, 3.63) is 56.4 Å². The van der Waals surface area contributed by atoms with Gasteiger partial charge in [-0.15, -0.1) is 11.3 Å². The number of nitrogens with zero attached hydrogens (tertiary/aromatic N) is 2. The number of aryl methyl sites for hydroxylation is 2. The molecule has 2 heterocycles. The number of H-pyrrole nitrogens is 1. The van der Waals surface area contributed by atoms with Crippen molar-refractivity contribution in [2.75, 3.05) is 6.61 Å². The van der Waals surface area contributed by atoms with Crippen LogP contribution in [0.3, 0.4) is 0 Å². The lowest BCUT2D eigenvalue weighted by Gasteiger charge is -2.01. The first-order valence-corrected chi connectivity index (χ1v) is 9.89. The second-order valence-electron chi connectivity index (χ2n) is 6.54. The maximum Gasteiger partial charge on any atom is 0.260 e. The van der Waals surface area contributed by atoms with E-state index in [1.807, 2.05) is 42.5 Å². The first kappa shape index (κ1) is 17.5. The van der Waals surface area contributed by atoms with Crippen LogP contribution in [0.15, 0.2) is 29.1 Å². The molecule has 4 rings (SSSR count).